The second-order valence-corrected chi connectivity index (χ2v) is 10.8. The fraction of sp³-hybridized carbons (Fsp3) is 0.640. The van der Waals surface area contributed by atoms with E-state index in [4.69, 9.17) is 4.74 Å². The predicted octanol–water partition coefficient (Wildman–Crippen LogP) is 3.60. The van der Waals surface area contributed by atoms with E-state index in [1.165, 1.54) is 4.57 Å². The van der Waals surface area contributed by atoms with Crippen LogP contribution in [0.15, 0.2) is 23.0 Å². The zero-order chi connectivity index (χ0) is 24.3. The van der Waals surface area contributed by atoms with Crippen molar-refractivity contribution in [3.63, 3.8) is 0 Å². The van der Waals surface area contributed by atoms with Gasteiger partial charge in [0.15, 0.2) is 0 Å². The smallest absolute Gasteiger partial charge is 0.273 e. The van der Waals surface area contributed by atoms with Crippen molar-refractivity contribution in [3.8, 4) is 5.75 Å². The Kier molecular flexibility index (Phi) is 8.10. The van der Waals surface area contributed by atoms with Crippen molar-refractivity contribution in [2.45, 2.75) is 66.8 Å². The Bertz CT molecular complexity index is 1000. The highest BCUT2D eigenvalue weighted by atomic mass is 16.5. The Labute approximate surface area is 191 Å². The fourth-order valence-corrected chi connectivity index (χ4v) is 3.50. The quantitative estimate of drug-likeness (QED) is 0.638. The summed E-state index contributed by atoms with van der Waals surface area (Å²) in [4.78, 5) is 33.3. The summed E-state index contributed by atoms with van der Waals surface area (Å²) in [5, 5.41) is 9.75. The van der Waals surface area contributed by atoms with Crippen molar-refractivity contribution in [3.05, 3.63) is 34.2 Å². The number of benzene rings is 1. The first-order chi connectivity index (χ1) is 14.8. The van der Waals surface area contributed by atoms with E-state index in [1.54, 1.807) is 24.1 Å². The van der Waals surface area contributed by atoms with E-state index in [-0.39, 0.29) is 24.6 Å². The Hall–Kier alpha value is -2.41. The normalized spacial score (nSPS) is 12.4. The molecule has 1 amide bonds. The molecule has 2 rings (SSSR count). The number of aliphatic hydroxyl groups is 1. The van der Waals surface area contributed by atoms with Crippen LogP contribution in [0.3, 0.4) is 0 Å². The van der Waals surface area contributed by atoms with Crippen LogP contribution in [0, 0.1) is 11.3 Å². The number of aliphatic hydroxyl groups excluding tert-OH is 1. The van der Waals surface area contributed by atoms with Gasteiger partial charge in [-0.15, -0.1) is 0 Å². The average molecular weight is 446 g/mol. The maximum Gasteiger partial charge on any atom is 0.273 e. The molecule has 0 fully saturated rings. The number of aromatic nitrogens is 2. The van der Waals surface area contributed by atoms with Crippen LogP contribution < -0.4 is 10.3 Å². The lowest BCUT2D eigenvalue weighted by Gasteiger charge is -2.32. The topological polar surface area (TPSA) is 84.7 Å². The van der Waals surface area contributed by atoms with Crippen LogP contribution in [-0.4, -0.2) is 52.3 Å². The molecule has 0 aliphatic heterocycles. The summed E-state index contributed by atoms with van der Waals surface area (Å²) in [6.45, 7) is 14.8. The van der Waals surface area contributed by atoms with Crippen molar-refractivity contribution in [1.82, 2.24) is 14.5 Å². The summed E-state index contributed by atoms with van der Waals surface area (Å²) in [5.41, 5.74) is 0.474. The molecule has 0 bridgehead atoms. The fourth-order valence-electron chi connectivity index (χ4n) is 3.50. The highest BCUT2D eigenvalue weighted by Gasteiger charge is 2.27. The van der Waals surface area contributed by atoms with E-state index in [9.17, 15) is 14.7 Å². The third-order valence-corrected chi connectivity index (χ3v) is 5.53. The monoisotopic (exact) mass is 445 g/mol. The minimum absolute atomic E-state index is 0.0258. The molecule has 1 aromatic heterocycles. The van der Waals surface area contributed by atoms with E-state index in [2.05, 4.69) is 18.8 Å². The third-order valence-electron chi connectivity index (χ3n) is 5.53. The molecule has 1 N–H and O–H groups in total. The van der Waals surface area contributed by atoms with Gasteiger partial charge in [-0.2, -0.15) is 0 Å². The number of methoxy groups -OCH3 is 1. The lowest BCUT2D eigenvalue weighted by molar-refractivity contribution is -0.133. The van der Waals surface area contributed by atoms with E-state index >= 15 is 0 Å². The Morgan fingerprint density at radius 2 is 1.88 bits per heavy atom. The van der Waals surface area contributed by atoms with Crippen molar-refractivity contribution in [2.24, 2.45) is 11.3 Å². The second-order valence-electron chi connectivity index (χ2n) is 10.8. The number of fused-ring (bicyclic) bond motifs is 1. The Morgan fingerprint density at radius 3 is 2.41 bits per heavy atom. The minimum atomic E-state index is -0.466. The zero-order valence-corrected chi connectivity index (χ0v) is 20.9. The summed E-state index contributed by atoms with van der Waals surface area (Å²) in [7, 11) is 1.57. The van der Waals surface area contributed by atoms with Gasteiger partial charge in [-0.3, -0.25) is 14.2 Å². The van der Waals surface area contributed by atoms with Gasteiger partial charge >= 0.3 is 0 Å². The molecular formula is C25H39N3O4. The predicted molar refractivity (Wildman–Crippen MR) is 128 cm³/mol. The summed E-state index contributed by atoms with van der Waals surface area (Å²) in [6.07, 6.45) is 0.848. The van der Waals surface area contributed by atoms with Gasteiger partial charge in [0.1, 0.15) is 18.0 Å². The summed E-state index contributed by atoms with van der Waals surface area (Å²) < 4.78 is 6.86. The molecule has 178 valence electrons. The molecule has 0 unspecified atom stereocenters. The highest BCUT2D eigenvalue weighted by Crippen LogP contribution is 2.24. The number of ether oxygens (including phenoxy) is 1. The second kappa shape index (κ2) is 10.0. The summed E-state index contributed by atoms with van der Waals surface area (Å²) in [6, 6.07) is 5.37. The molecule has 2 aromatic rings. The van der Waals surface area contributed by atoms with Crippen LogP contribution in [0.4, 0.5) is 0 Å². The molecule has 0 radical (unpaired) electrons. The van der Waals surface area contributed by atoms with Gasteiger partial charge in [0.05, 0.1) is 18.1 Å². The maximum atomic E-state index is 13.5. The largest absolute Gasteiger partial charge is 0.497 e. The van der Waals surface area contributed by atoms with Gasteiger partial charge in [0.2, 0.25) is 5.91 Å². The molecule has 0 atom stereocenters. The molecule has 7 nitrogen and oxygen atoms in total. The molecule has 0 aliphatic rings. The molecule has 0 aliphatic carbocycles. The molecule has 1 aromatic carbocycles. The van der Waals surface area contributed by atoms with Crippen LogP contribution in [0.25, 0.3) is 11.0 Å². The molecule has 32 heavy (non-hydrogen) atoms. The average Bonchev–Trinajstić information content (AvgIpc) is 2.71. The van der Waals surface area contributed by atoms with Crippen molar-refractivity contribution >= 4 is 16.9 Å². The molecule has 0 saturated heterocycles. The molecule has 7 heteroatoms. The SMILES string of the molecule is COc1ccc2nc(C(C)(C)C)c(=O)n(CC(=O)N(CCC(C)C)CC(C)(C)CO)c2c1. The maximum absolute atomic E-state index is 13.5. The number of rotatable bonds is 9. The van der Waals surface area contributed by atoms with Gasteiger partial charge < -0.3 is 14.7 Å². The van der Waals surface area contributed by atoms with Gasteiger partial charge in [-0.05, 0) is 24.5 Å². The number of amides is 1. The van der Waals surface area contributed by atoms with Crippen LogP contribution >= 0.6 is 0 Å². The first kappa shape index (κ1) is 25.8. The van der Waals surface area contributed by atoms with E-state index < -0.39 is 10.8 Å². The highest BCUT2D eigenvalue weighted by molar-refractivity contribution is 5.81. The number of carbonyl (C=O) groups excluding carboxylic acids is 1. The van der Waals surface area contributed by atoms with Crippen LogP contribution in [-0.2, 0) is 16.8 Å². The first-order valence-corrected chi connectivity index (χ1v) is 11.3. The number of hydrogen-bond acceptors (Lipinski definition) is 5. The number of carbonyl (C=O) groups is 1. The lowest BCUT2D eigenvalue weighted by Crippen LogP contribution is -2.44. The van der Waals surface area contributed by atoms with Gasteiger partial charge in [0.25, 0.3) is 5.56 Å². The first-order valence-electron chi connectivity index (χ1n) is 11.3. The molecule has 1 heterocycles. The van der Waals surface area contributed by atoms with Crippen LogP contribution in [0.2, 0.25) is 0 Å². The zero-order valence-electron chi connectivity index (χ0n) is 20.9. The van der Waals surface area contributed by atoms with Gasteiger partial charge in [-0.1, -0.05) is 48.5 Å². The van der Waals surface area contributed by atoms with Crippen molar-refractivity contribution in [1.29, 1.82) is 0 Å². The number of nitrogens with zero attached hydrogens (tertiary/aromatic N) is 3. The summed E-state index contributed by atoms with van der Waals surface area (Å²) >= 11 is 0. The van der Waals surface area contributed by atoms with E-state index in [1.807, 2.05) is 40.7 Å². The molecule has 0 spiro atoms. The van der Waals surface area contributed by atoms with E-state index in [0.29, 0.717) is 41.5 Å². The standard InChI is InChI=1S/C25H39N3O4/c1-17(2)11-12-27(15-25(6,7)16-29)21(30)14-28-20-13-18(32-8)9-10-19(20)26-22(23(28)31)24(3,4)5/h9-10,13,17,29H,11-12,14-16H2,1-8H3. The minimum Gasteiger partial charge on any atom is -0.497 e. The van der Waals surface area contributed by atoms with Crippen molar-refractivity contribution in [2.75, 3.05) is 26.8 Å². The Balaban J connectivity index is 2.56. The van der Waals surface area contributed by atoms with Crippen molar-refractivity contribution < 1.29 is 14.6 Å². The lowest BCUT2D eigenvalue weighted by atomic mass is 9.92. The summed E-state index contributed by atoms with van der Waals surface area (Å²) in [5.74, 6) is 0.884. The van der Waals surface area contributed by atoms with Gasteiger partial charge in [0, 0.05) is 36.6 Å². The molecule has 0 saturated carbocycles. The van der Waals surface area contributed by atoms with Gasteiger partial charge in [-0.25, -0.2) is 4.98 Å². The Morgan fingerprint density at radius 1 is 1.22 bits per heavy atom. The van der Waals surface area contributed by atoms with Crippen LogP contribution in [0.5, 0.6) is 5.75 Å². The van der Waals surface area contributed by atoms with Crippen LogP contribution in [0.1, 0.15) is 60.6 Å². The third kappa shape index (κ3) is 6.31. The van der Waals surface area contributed by atoms with E-state index in [0.717, 1.165) is 6.42 Å². The molecular weight excluding hydrogens is 406 g/mol. The number of hydrogen-bond donors (Lipinski definition) is 1.